The van der Waals surface area contributed by atoms with Crippen molar-refractivity contribution in [1.29, 1.82) is 0 Å². The summed E-state index contributed by atoms with van der Waals surface area (Å²) in [5, 5.41) is 10.1. The first kappa shape index (κ1) is 15.3. The third-order valence-electron chi connectivity index (χ3n) is 3.12. The minimum absolute atomic E-state index is 0.00847. The van der Waals surface area contributed by atoms with Crippen LogP contribution in [-0.4, -0.2) is 5.11 Å². The Bertz CT molecular complexity index is 623. The lowest BCUT2D eigenvalue weighted by Gasteiger charge is -2.16. The number of anilines is 1. The van der Waals surface area contributed by atoms with E-state index in [2.05, 4.69) is 0 Å². The highest BCUT2D eigenvalue weighted by atomic mass is 19.4. The van der Waals surface area contributed by atoms with Crippen LogP contribution in [0.25, 0.3) is 0 Å². The number of halogens is 4. The number of nitrogen functional groups attached to an aromatic ring is 1. The molecule has 2 rings (SSSR count). The molecular formula is C15H13F4NO. The van der Waals surface area contributed by atoms with E-state index in [1.165, 1.54) is 24.3 Å². The summed E-state index contributed by atoms with van der Waals surface area (Å²) in [6.07, 6.45) is -5.65. The van der Waals surface area contributed by atoms with Gasteiger partial charge in [-0.3, -0.25) is 0 Å². The second-order valence-corrected chi connectivity index (χ2v) is 4.69. The third-order valence-corrected chi connectivity index (χ3v) is 3.12. The van der Waals surface area contributed by atoms with Gasteiger partial charge in [0.1, 0.15) is 5.82 Å². The number of aliphatic hydroxyl groups is 1. The zero-order valence-electron chi connectivity index (χ0n) is 10.9. The number of nitrogens with two attached hydrogens (primary N) is 1. The second kappa shape index (κ2) is 5.73. The molecule has 0 aromatic heterocycles. The average Bonchev–Trinajstić information content (AvgIpc) is 2.40. The minimum Gasteiger partial charge on any atom is -0.398 e. The molecule has 3 N–H and O–H groups in total. The maximum absolute atomic E-state index is 12.8. The standard InChI is InChI=1S/C15H13F4NO/c16-11-4-1-9(2-5-11)7-14(21)12-8-10(15(17,18)19)3-6-13(12)20/h1-6,8,14,21H,7,20H2. The van der Waals surface area contributed by atoms with Crippen LogP contribution in [0.3, 0.4) is 0 Å². The predicted octanol–water partition coefficient (Wildman–Crippen LogP) is 3.70. The normalized spacial score (nSPS) is 13.2. The highest BCUT2D eigenvalue weighted by Crippen LogP contribution is 2.33. The van der Waals surface area contributed by atoms with Crippen molar-refractivity contribution < 1.29 is 22.7 Å². The number of hydrogen-bond acceptors (Lipinski definition) is 2. The molecule has 21 heavy (non-hydrogen) atoms. The molecule has 1 unspecified atom stereocenters. The Labute approximate surface area is 118 Å². The highest BCUT2D eigenvalue weighted by Gasteiger charge is 2.31. The van der Waals surface area contributed by atoms with E-state index in [0.717, 1.165) is 18.2 Å². The minimum atomic E-state index is -4.50. The van der Waals surface area contributed by atoms with Gasteiger partial charge in [0.25, 0.3) is 0 Å². The molecule has 0 fully saturated rings. The van der Waals surface area contributed by atoms with Gasteiger partial charge in [-0.05, 0) is 35.9 Å². The lowest BCUT2D eigenvalue weighted by atomic mass is 9.98. The highest BCUT2D eigenvalue weighted by molar-refractivity contribution is 5.50. The van der Waals surface area contributed by atoms with Gasteiger partial charge < -0.3 is 10.8 Å². The summed E-state index contributed by atoms with van der Waals surface area (Å²) < 4.78 is 50.8. The van der Waals surface area contributed by atoms with Crippen LogP contribution in [0.1, 0.15) is 22.8 Å². The zero-order chi connectivity index (χ0) is 15.6. The van der Waals surface area contributed by atoms with Crippen LogP contribution in [0.15, 0.2) is 42.5 Å². The summed E-state index contributed by atoms with van der Waals surface area (Å²) in [5.41, 5.74) is 5.44. The Morgan fingerprint density at radius 2 is 1.67 bits per heavy atom. The van der Waals surface area contributed by atoms with Crippen LogP contribution in [-0.2, 0) is 12.6 Å². The van der Waals surface area contributed by atoms with Crippen molar-refractivity contribution >= 4 is 5.69 Å². The van der Waals surface area contributed by atoms with Gasteiger partial charge >= 0.3 is 6.18 Å². The van der Waals surface area contributed by atoms with Gasteiger partial charge in [-0.1, -0.05) is 12.1 Å². The van der Waals surface area contributed by atoms with Gasteiger partial charge in [-0.15, -0.1) is 0 Å². The van der Waals surface area contributed by atoms with Gasteiger partial charge in [-0.25, -0.2) is 4.39 Å². The van der Waals surface area contributed by atoms with Crippen molar-refractivity contribution in [2.75, 3.05) is 5.73 Å². The van der Waals surface area contributed by atoms with E-state index >= 15 is 0 Å². The fraction of sp³-hybridized carbons (Fsp3) is 0.200. The number of aliphatic hydroxyl groups excluding tert-OH is 1. The molecule has 2 aromatic carbocycles. The first-order valence-electron chi connectivity index (χ1n) is 6.16. The summed E-state index contributed by atoms with van der Waals surface area (Å²) >= 11 is 0. The summed E-state index contributed by atoms with van der Waals surface area (Å²) in [4.78, 5) is 0. The van der Waals surface area contributed by atoms with E-state index in [-0.39, 0.29) is 17.7 Å². The van der Waals surface area contributed by atoms with Gasteiger partial charge in [0.15, 0.2) is 0 Å². The summed E-state index contributed by atoms with van der Waals surface area (Å²) in [7, 11) is 0. The van der Waals surface area contributed by atoms with Gasteiger partial charge in [0.05, 0.1) is 11.7 Å². The Morgan fingerprint density at radius 1 is 1.05 bits per heavy atom. The predicted molar refractivity (Wildman–Crippen MR) is 70.9 cm³/mol. The number of rotatable bonds is 3. The lowest BCUT2D eigenvalue weighted by molar-refractivity contribution is -0.137. The van der Waals surface area contributed by atoms with Gasteiger partial charge in [0.2, 0.25) is 0 Å². The van der Waals surface area contributed by atoms with E-state index in [1.54, 1.807) is 0 Å². The third kappa shape index (κ3) is 3.72. The fourth-order valence-electron chi connectivity index (χ4n) is 1.99. The maximum atomic E-state index is 12.8. The maximum Gasteiger partial charge on any atom is 0.416 e. The quantitative estimate of drug-likeness (QED) is 0.670. The molecule has 0 saturated carbocycles. The van der Waals surface area contributed by atoms with Crippen molar-refractivity contribution in [1.82, 2.24) is 0 Å². The SMILES string of the molecule is Nc1ccc(C(F)(F)F)cc1C(O)Cc1ccc(F)cc1. The first-order valence-corrected chi connectivity index (χ1v) is 6.16. The molecule has 0 amide bonds. The Hall–Kier alpha value is -2.08. The van der Waals surface area contributed by atoms with Crippen molar-refractivity contribution in [3.63, 3.8) is 0 Å². The van der Waals surface area contributed by atoms with Crippen LogP contribution in [0, 0.1) is 5.82 Å². The molecule has 0 aliphatic heterocycles. The first-order chi connectivity index (χ1) is 9.77. The molecule has 0 spiro atoms. The Balaban J connectivity index is 2.26. The number of alkyl halides is 3. The molecule has 2 aromatic rings. The topological polar surface area (TPSA) is 46.2 Å². The molecule has 2 nitrogen and oxygen atoms in total. The monoisotopic (exact) mass is 299 g/mol. The number of hydrogen-bond donors (Lipinski definition) is 2. The molecule has 0 saturated heterocycles. The van der Waals surface area contributed by atoms with Gasteiger partial charge in [-0.2, -0.15) is 13.2 Å². The van der Waals surface area contributed by atoms with E-state index in [9.17, 15) is 22.7 Å². The molecule has 6 heteroatoms. The van der Waals surface area contributed by atoms with Crippen molar-refractivity contribution in [2.24, 2.45) is 0 Å². The Morgan fingerprint density at radius 3 is 2.24 bits per heavy atom. The van der Waals surface area contributed by atoms with Crippen molar-refractivity contribution in [2.45, 2.75) is 18.7 Å². The molecule has 0 bridgehead atoms. The van der Waals surface area contributed by atoms with E-state index in [4.69, 9.17) is 5.73 Å². The summed E-state index contributed by atoms with van der Waals surface area (Å²) in [6, 6.07) is 8.18. The summed E-state index contributed by atoms with van der Waals surface area (Å²) in [6.45, 7) is 0. The van der Waals surface area contributed by atoms with Crippen LogP contribution in [0.4, 0.5) is 23.2 Å². The molecule has 1 atom stereocenters. The molecule has 0 aliphatic rings. The van der Waals surface area contributed by atoms with Crippen LogP contribution < -0.4 is 5.73 Å². The average molecular weight is 299 g/mol. The van der Waals surface area contributed by atoms with Crippen LogP contribution >= 0.6 is 0 Å². The molecule has 0 radical (unpaired) electrons. The van der Waals surface area contributed by atoms with Crippen LogP contribution in [0.2, 0.25) is 0 Å². The lowest BCUT2D eigenvalue weighted by Crippen LogP contribution is -2.10. The van der Waals surface area contributed by atoms with E-state index < -0.39 is 23.7 Å². The molecule has 0 aliphatic carbocycles. The molecule has 112 valence electrons. The largest absolute Gasteiger partial charge is 0.416 e. The Kier molecular flexibility index (Phi) is 4.18. The van der Waals surface area contributed by atoms with Crippen molar-refractivity contribution in [3.05, 3.63) is 65.0 Å². The fourth-order valence-corrected chi connectivity index (χ4v) is 1.99. The summed E-state index contributed by atoms with van der Waals surface area (Å²) in [5.74, 6) is -0.424. The second-order valence-electron chi connectivity index (χ2n) is 4.69. The zero-order valence-corrected chi connectivity index (χ0v) is 10.9. The number of benzene rings is 2. The van der Waals surface area contributed by atoms with Gasteiger partial charge in [0, 0.05) is 17.7 Å². The van der Waals surface area contributed by atoms with Crippen LogP contribution in [0.5, 0.6) is 0 Å². The molecular weight excluding hydrogens is 286 g/mol. The van der Waals surface area contributed by atoms with Crippen molar-refractivity contribution in [3.8, 4) is 0 Å². The smallest absolute Gasteiger partial charge is 0.398 e. The molecule has 0 heterocycles. The van der Waals surface area contributed by atoms with E-state index in [0.29, 0.717) is 5.56 Å². The van der Waals surface area contributed by atoms with E-state index in [1.807, 2.05) is 0 Å².